The molecule has 3 aliphatic rings. The van der Waals surface area contributed by atoms with Gasteiger partial charge in [-0.3, -0.25) is 4.99 Å². The molecule has 0 unspecified atom stereocenters. The van der Waals surface area contributed by atoms with Crippen LogP contribution in [0.1, 0.15) is 51.6 Å². The second-order valence-electron chi connectivity index (χ2n) is 7.44. The molecule has 0 aromatic heterocycles. The molecule has 2 bridgehead atoms. The molecule has 1 saturated carbocycles. The summed E-state index contributed by atoms with van der Waals surface area (Å²) in [6.07, 6.45) is 3.81. The first-order valence-electron chi connectivity index (χ1n) is 7.94. The minimum Gasteiger partial charge on any atom is -0.354 e. The Bertz CT molecular complexity index is 560. The summed E-state index contributed by atoms with van der Waals surface area (Å²) in [7, 11) is 0. The molecule has 1 aromatic rings. The molecular weight excluding hydrogens is 244 g/mol. The van der Waals surface area contributed by atoms with Gasteiger partial charge in [0.05, 0.1) is 6.04 Å². The lowest BCUT2D eigenvalue weighted by Gasteiger charge is -2.44. The molecule has 2 heteroatoms. The Labute approximate surface area is 121 Å². The van der Waals surface area contributed by atoms with Crippen LogP contribution >= 0.6 is 0 Å². The molecule has 2 heterocycles. The van der Waals surface area contributed by atoms with Gasteiger partial charge in [0.2, 0.25) is 0 Å². The van der Waals surface area contributed by atoms with Crippen LogP contribution in [-0.4, -0.2) is 22.8 Å². The number of aliphatic imine (C=N–C) groups is 1. The number of nitrogens with zero attached hydrogens (tertiary/aromatic N) is 2. The van der Waals surface area contributed by atoms with E-state index in [4.69, 9.17) is 4.99 Å². The normalized spacial score (nSPS) is 37.8. The lowest BCUT2D eigenvalue weighted by molar-refractivity contribution is 0.104. The van der Waals surface area contributed by atoms with Crippen LogP contribution in [0.2, 0.25) is 0 Å². The predicted molar refractivity (Wildman–Crippen MR) is 82.9 cm³/mol. The van der Waals surface area contributed by atoms with Crippen molar-refractivity contribution in [2.24, 2.45) is 16.3 Å². The second-order valence-corrected chi connectivity index (χ2v) is 7.44. The van der Waals surface area contributed by atoms with Crippen molar-refractivity contribution in [1.29, 1.82) is 0 Å². The number of fused-ring (bicyclic) bond motifs is 5. The summed E-state index contributed by atoms with van der Waals surface area (Å²) in [5.41, 5.74) is 2.08. The maximum Gasteiger partial charge on any atom is 0.104 e. The van der Waals surface area contributed by atoms with Crippen LogP contribution in [0, 0.1) is 11.3 Å². The molecule has 0 spiro atoms. The number of benzene rings is 1. The summed E-state index contributed by atoms with van der Waals surface area (Å²) in [6, 6.07) is 11.2. The van der Waals surface area contributed by atoms with Gasteiger partial charge in [-0.05, 0) is 37.2 Å². The number of rotatable bonds is 1. The van der Waals surface area contributed by atoms with E-state index in [2.05, 4.69) is 56.0 Å². The van der Waals surface area contributed by atoms with Crippen molar-refractivity contribution >= 4 is 5.84 Å². The van der Waals surface area contributed by atoms with E-state index in [1.54, 1.807) is 0 Å². The van der Waals surface area contributed by atoms with Gasteiger partial charge in [-0.2, -0.15) is 0 Å². The molecule has 3 atom stereocenters. The third-order valence-corrected chi connectivity index (χ3v) is 6.46. The molecule has 1 saturated heterocycles. The Balaban J connectivity index is 1.74. The fourth-order valence-electron chi connectivity index (χ4n) is 4.77. The minimum absolute atomic E-state index is 0.332. The number of piperidine rings is 1. The minimum atomic E-state index is 0.332. The van der Waals surface area contributed by atoms with E-state index in [9.17, 15) is 0 Å². The largest absolute Gasteiger partial charge is 0.354 e. The van der Waals surface area contributed by atoms with Crippen molar-refractivity contribution < 1.29 is 0 Å². The van der Waals surface area contributed by atoms with Gasteiger partial charge in [0, 0.05) is 18.0 Å². The Hall–Kier alpha value is -1.31. The summed E-state index contributed by atoms with van der Waals surface area (Å²) in [5, 5.41) is 0. The van der Waals surface area contributed by atoms with Gasteiger partial charge in [0.25, 0.3) is 0 Å². The molecule has 106 valence electrons. The van der Waals surface area contributed by atoms with Gasteiger partial charge in [-0.15, -0.1) is 0 Å². The van der Waals surface area contributed by atoms with Crippen LogP contribution in [-0.2, 0) is 0 Å². The van der Waals surface area contributed by atoms with Crippen LogP contribution in [0.15, 0.2) is 35.3 Å². The van der Waals surface area contributed by atoms with Crippen LogP contribution < -0.4 is 0 Å². The molecule has 0 amide bonds. The summed E-state index contributed by atoms with van der Waals surface area (Å²) in [5.74, 6) is 2.07. The summed E-state index contributed by atoms with van der Waals surface area (Å²) in [6.45, 7) is 8.53. The van der Waals surface area contributed by atoms with Gasteiger partial charge in [0.15, 0.2) is 0 Å². The third kappa shape index (κ3) is 1.37. The number of amidine groups is 1. The molecule has 1 aliphatic carbocycles. The zero-order valence-electron chi connectivity index (χ0n) is 12.8. The molecule has 1 aromatic carbocycles. The van der Waals surface area contributed by atoms with Gasteiger partial charge < -0.3 is 4.90 Å². The van der Waals surface area contributed by atoms with Crippen LogP contribution in [0.3, 0.4) is 0 Å². The Kier molecular flexibility index (Phi) is 2.40. The van der Waals surface area contributed by atoms with Crippen LogP contribution in [0.25, 0.3) is 0 Å². The highest BCUT2D eigenvalue weighted by Gasteiger charge is 2.64. The zero-order valence-corrected chi connectivity index (χ0v) is 12.8. The lowest BCUT2D eigenvalue weighted by Crippen LogP contribution is -2.51. The topological polar surface area (TPSA) is 15.6 Å². The molecule has 2 nitrogen and oxygen atoms in total. The predicted octanol–water partition coefficient (Wildman–Crippen LogP) is 4.04. The molecule has 2 fully saturated rings. The molecule has 20 heavy (non-hydrogen) atoms. The average molecular weight is 268 g/mol. The SMILES string of the molecule is CC1(C)[C@@H]2CC[C@@]1(C)N1CC[C@@H](c3ccccc3)N=C21. The quantitative estimate of drug-likeness (QED) is 0.750. The molecular formula is C18H24N2. The highest BCUT2D eigenvalue weighted by Crippen LogP contribution is 2.61. The van der Waals surface area contributed by atoms with Crippen molar-refractivity contribution in [3.8, 4) is 0 Å². The first-order chi connectivity index (χ1) is 9.54. The second kappa shape index (κ2) is 3.87. The van der Waals surface area contributed by atoms with Crippen LogP contribution in [0.5, 0.6) is 0 Å². The molecule has 0 N–H and O–H groups in total. The lowest BCUT2D eigenvalue weighted by atomic mass is 9.75. The first-order valence-corrected chi connectivity index (χ1v) is 7.94. The highest BCUT2D eigenvalue weighted by atomic mass is 15.3. The maximum absolute atomic E-state index is 5.18. The maximum atomic E-state index is 5.18. The number of hydrogen-bond donors (Lipinski definition) is 0. The van der Waals surface area contributed by atoms with Gasteiger partial charge in [0.1, 0.15) is 5.84 Å². The monoisotopic (exact) mass is 268 g/mol. The Morgan fingerprint density at radius 1 is 1.10 bits per heavy atom. The van der Waals surface area contributed by atoms with Crippen molar-refractivity contribution in [2.45, 2.75) is 51.6 Å². The Morgan fingerprint density at radius 3 is 2.60 bits per heavy atom. The van der Waals surface area contributed by atoms with Crippen molar-refractivity contribution in [3.63, 3.8) is 0 Å². The van der Waals surface area contributed by atoms with Gasteiger partial charge in [-0.1, -0.05) is 44.2 Å². The van der Waals surface area contributed by atoms with Crippen molar-refractivity contribution in [3.05, 3.63) is 35.9 Å². The van der Waals surface area contributed by atoms with Crippen molar-refractivity contribution in [1.82, 2.24) is 4.90 Å². The number of hydrogen-bond acceptors (Lipinski definition) is 2. The fraction of sp³-hybridized carbons (Fsp3) is 0.611. The molecule has 0 radical (unpaired) electrons. The third-order valence-electron chi connectivity index (χ3n) is 6.46. The van der Waals surface area contributed by atoms with E-state index < -0.39 is 0 Å². The van der Waals surface area contributed by atoms with E-state index in [1.165, 1.54) is 30.8 Å². The summed E-state index contributed by atoms with van der Waals surface area (Å²) < 4.78 is 0. The average Bonchev–Trinajstić information content (AvgIpc) is 2.79. The van der Waals surface area contributed by atoms with E-state index in [-0.39, 0.29) is 0 Å². The summed E-state index contributed by atoms with van der Waals surface area (Å²) >= 11 is 0. The van der Waals surface area contributed by atoms with Crippen molar-refractivity contribution in [2.75, 3.05) is 6.54 Å². The van der Waals surface area contributed by atoms with Gasteiger partial charge >= 0.3 is 0 Å². The van der Waals surface area contributed by atoms with E-state index in [0.717, 1.165) is 6.42 Å². The van der Waals surface area contributed by atoms with E-state index >= 15 is 0 Å². The summed E-state index contributed by atoms with van der Waals surface area (Å²) in [4.78, 5) is 7.82. The fourth-order valence-corrected chi connectivity index (χ4v) is 4.77. The standard InChI is InChI=1S/C18H24N2/c1-17(2)14-9-11-18(17,3)20-12-10-15(19-16(14)20)13-7-5-4-6-8-13/h4-8,14-15H,9-12H2,1-3H3/t14-,15+,18-/m1/s1. The van der Waals surface area contributed by atoms with E-state index in [0.29, 0.717) is 22.9 Å². The van der Waals surface area contributed by atoms with E-state index in [1.807, 2.05) is 0 Å². The zero-order chi connectivity index (χ0) is 14.0. The smallest absolute Gasteiger partial charge is 0.104 e. The van der Waals surface area contributed by atoms with Crippen LogP contribution in [0.4, 0.5) is 0 Å². The molecule has 4 rings (SSSR count). The Morgan fingerprint density at radius 2 is 1.85 bits per heavy atom. The van der Waals surface area contributed by atoms with Gasteiger partial charge in [-0.25, -0.2) is 0 Å². The highest BCUT2D eigenvalue weighted by molar-refractivity contribution is 5.91. The molecule has 2 aliphatic heterocycles. The first kappa shape index (κ1) is 12.4.